The van der Waals surface area contributed by atoms with E-state index in [1.54, 1.807) is 12.0 Å². The van der Waals surface area contributed by atoms with Crippen LogP contribution in [-0.2, 0) is 6.54 Å². The number of nitrogens with zero attached hydrogens (tertiary/aromatic N) is 4. The molecule has 152 valence electrons. The van der Waals surface area contributed by atoms with Gasteiger partial charge in [0.1, 0.15) is 31.9 Å². The molecular formula is C21H27ClN6O+2. The third-order valence-corrected chi connectivity index (χ3v) is 6.02. The Morgan fingerprint density at radius 1 is 1.07 bits per heavy atom. The van der Waals surface area contributed by atoms with Crippen LogP contribution in [0.3, 0.4) is 0 Å². The second-order valence-corrected chi connectivity index (χ2v) is 8.02. The number of ether oxygens (including phenoxy) is 1. The molecule has 1 aromatic heterocycles. The molecule has 0 bridgehead atoms. The van der Waals surface area contributed by atoms with Crippen molar-refractivity contribution < 1.29 is 14.5 Å². The Balaban J connectivity index is 1.68. The number of rotatable bonds is 6. The van der Waals surface area contributed by atoms with Gasteiger partial charge in [-0.3, -0.25) is 0 Å². The molecule has 0 saturated carbocycles. The first-order valence-electron chi connectivity index (χ1n) is 9.95. The highest BCUT2D eigenvalue weighted by Crippen LogP contribution is 2.25. The van der Waals surface area contributed by atoms with Gasteiger partial charge in [-0.1, -0.05) is 41.9 Å². The summed E-state index contributed by atoms with van der Waals surface area (Å²) in [5.41, 5.74) is 2.20. The maximum atomic E-state index is 6.62. The second-order valence-electron chi connectivity index (χ2n) is 7.61. The number of piperazine rings is 1. The molecule has 0 amide bonds. The van der Waals surface area contributed by atoms with Crippen molar-refractivity contribution in [3.63, 3.8) is 0 Å². The van der Waals surface area contributed by atoms with Crippen LogP contribution in [0, 0.1) is 0 Å². The largest absolute Gasteiger partial charge is 0.497 e. The Morgan fingerprint density at radius 2 is 1.79 bits per heavy atom. The van der Waals surface area contributed by atoms with Crippen LogP contribution in [0.1, 0.15) is 23.0 Å². The van der Waals surface area contributed by atoms with Crippen LogP contribution in [0.4, 0.5) is 0 Å². The summed E-state index contributed by atoms with van der Waals surface area (Å²) in [5.74, 6) is 1.69. The number of tetrazole rings is 1. The first-order valence-corrected chi connectivity index (χ1v) is 10.3. The van der Waals surface area contributed by atoms with Crippen LogP contribution >= 0.6 is 11.6 Å². The molecule has 0 aliphatic carbocycles. The van der Waals surface area contributed by atoms with Gasteiger partial charge in [-0.05, 0) is 34.2 Å². The lowest BCUT2D eigenvalue weighted by atomic mass is 10.0. The molecule has 0 radical (unpaired) electrons. The number of methoxy groups -OCH3 is 1. The van der Waals surface area contributed by atoms with Gasteiger partial charge in [0.2, 0.25) is 5.82 Å². The third kappa shape index (κ3) is 4.42. The molecule has 1 fully saturated rings. The van der Waals surface area contributed by atoms with Crippen LogP contribution in [0.5, 0.6) is 5.75 Å². The van der Waals surface area contributed by atoms with Crippen molar-refractivity contribution in [2.24, 2.45) is 0 Å². The third-order valence-electron chi connectivity index (χ3n) is 5.68. The first-order chi connectivity index (χ1) is 14.2. The molecule has 0 spiro atoms. The van der Waals surface area contributed by atoms with Crippen molar-refractivity contribution in [2.75, 3.05) is 40.3 Å². The molecule has 7 nitrogen and oxygen atoms in total. The van der Waals surface area contributed by atoms with E-state index in [1.807, 2.05) is 47.1 Å². The number of halogens is 1. The lowest BCUT2D eigenvalue weighted by Gasteiger charge is -2.33. The summed E-state index contributed by atoms with van der Waals surface area (Å²) in [7, 11) is 3.91. The zero-order chi connectivity index (χ0) is 20.2. The van der Waals surface area contributed by atoms with Gasteiger partial charge in [-0.15, -0.1) is 5.10 Å². The molecule has 29 heavy (non-hydrogen) atoms. The normalized spacial score (nSPS) is 20.4. The maximum Gasteiger partial charge on any atom is 0.214 e. The summed E-state index contributed by atoms with van der Waals surface area (Å²) in [6.07, 6.45) is 0. The van der Waals surface area contributed by atoms with E-state index >= 15 is 0 Å². The minimum absolute atomic E-state index is 0.00467. The Morgan fingerprint density at radius 3 is 2.48 bits per heavy atom. The van der Waals surface area contributed by atoms with Gasteiger partial charge in [0.15, 0.2) is 6.04 Å². The number of hydrogen-bond acceptors (Lipinski definition) is 4. The van der Waals surface area contributed by atoms with Gasteiger partial charge in [-0.25, -0.2) is 4.68 Å². The second kappa shape index (κ2) is 8.90. The van der Waals surface area contributed by atoms with E-state index in [0.29, 0.717) is 6.54 Å². The Kier molecular flexibility index (Phi) is 6.08. The summed E-state index contributed by atoms with van der Waals surface area (Å²) in [6, 6.07) is 16.0. The quantitative estimate of drug-likeness (QED) is 0.590. The number of nitrogens with one attached hydrogen (secondary N) is 2. The molecule has 1 aliphatic rings. The standard InChI is InChI=1S/C21H25ClN6O/c1-26-11-13-27(14-12-26)20(18-5-3-4-6-19(18)22)21-23-24-25-28(21)15-16-7-9-17(29-2)10-8-16/h3-10,20H,11-15H2,1-2H3/p+2/t20-/m1/s1. The lowest BCUT2D eigenvalue weighted by Crippen LogP contribution is -3.27. The predicted octanol–water partition coefficient (Wildman–Crippen LogP) is -0.114. The van der Waals surface area contributed by atoms with E-state index in [2.05, 4.69) is 28.6 Å². The fraction of sp³-hybridized carbons (Fsp3) is 0.381. The average Bonchev–Trinajstić information content (AvgIpc) is 3.19. The van der Waals surface area contributed by atoms with Crippen molar-refractivity contribution in [1.29, 1.82) is 0 Å². The van der Waals surface area contributed by atoms with E-state index in [9.17, 15) is 0 Å². The van der Waals surface area contributed by atoms with E-state index in [0.717, 1.165) is 53.9 Å². The van der Waals surface area contributed by atoms with E-state index < -0.39 is 0 Å². The van der Waals surface area contributed by atoms with Gasteiger partial charge >= 0.3 is 0 Å². The van der Waals surface area contributed by atoms with Crippen LogP contribution in [0.25, 0.3) is 0 Å². The molecule has 0 unspecified atom stereocenters. The molecule has 1 atom stereocenters. The number of likely N-dealkylation sites (N-methyl/N-ethyl adjacent to an activating group) is 1. The van der Waals surface area contributed by atoms with E-state index in [4.69, 9.17) is 16.3 Å². The predicted molar refractivity (Wildman–Crippen MR) is 111 cm³/mol. The molecule has 1 aliphatic heterocycles. The Labute approximate surface area is 175 Å². The fourth-order valence-corrected chi connectivity index (χ4v) is 4.22. The first kappa shape index (κ1) is 19.8. The summed E-state index contributed by atoms with van der Waals surface area (Å²) in [4.78, 5) is 3.01. The van der Waals surface area contributed by atoms with Gasteiger partial charge in [0.05, 0.1) is 25.7 Å². The van der Waals surface area contributed by atoms with Gasteiger partial charge in [0.25, 0.3) is 0 Å². The number of benzene rings is 2. The highest BCUT2D eigenvalue weighted by molar-refractivity contribution is 6.31. The van der Waals surface area contributed by atoms with Crippen molar-refractivity contribution >= 4 is 11.6 Å². The van der Waals surface area contributed by atoms with Crippen LogP contribution in [0.15, 0.2) is 48.5 Å². The number of aromatic nitrogens is 4. The maximum absolute atomic E-state index is 6.62. The fourth-order valence-electron chi connectivity index (χ4n) is 3.97. The Bertz CT molecular complexity index is 936. The van der Waals surface area contributed by atoms with Crippen LogP contribution in [0.2, 0.25) is 5.02 Å². The van der Waals surface area contributed by atoms with Crippen molar-refractivity contribution in [2.45, 2.75) is 12.6 Å². The summed E-state index contributed by atoms with van der Waals surface area (Å²) in [5, 5.41) is 13.5. The summed E-state index contributed by atoms with van der Waals surface area (Å²) < 4.78 is 7.16. The molecule has 4 rings (SSSR count). The minimum atomic E-state index is 0.00467. The summed E-state index contributed by atoms with van der Waals surface area (Å²) in [6.45, 7) is 4.95. The van der Waals surface area contributed by atoms with Crippen molar-refractivity contribution in [3.05, 3.63) is 70.5 Å². The molecule has 2 aromatic carbocycles. The van der Waals surface area contributed by atoms with Gasteiger partial charge in [0, 0.05) is 5.56 Å². The average molecular weight is 415 g/mol. The van der Waals surface area contributed by atoms with Crippen LogP contribution in [-0.4, -0.2) is 60.5 Å². The number of hydrogen-bond donors (Lipinski definition) is 2. The van der Waals surface area contributed by atoms with Crippen LogP contribution < -0.4 is 14.5 Å². The topological polar surface area (TPSA) is 61.7 Å². The SMILES string of the molecule is COc1ccc(Cn2nnnc2[C@@H](c2ccccc2Cl)[NH+]2CC[NH+](C)CC2)cc1. The highest BCUT2D eigenvalue weighted by Gasteiger charge is 2.35. The Hall–Kier alpha value is -2.48. The van der Waals surface area contributed by atoms with Crippen molar-refractivity contribution in [1.82, 2.24) is 20.2 Å². The minimum Gasteiger partial charge on any atom is -0.497 e. The highest BCUT2D eigenvalue weighted by atomic mass is 35.5. The molecule has 2 heterocycles. The van der Waals surface area contributed by atoms with E-state index in [-0.39, 0.29) is 6.04 Å². The monoisotopic (exact) mass is 414 g/mol. The smallest absolute Gasteiger partial charge is 0.214 e. The van der Waals surface area contributed by atoms with Gasteiger partial charge in [-0.2, -0.15) is 0 Å². The molecule has 2 N–H and O–H groups in total. The number of quaternary nitrogens is 2. The molecule has 3 aromatic rings. The molecule has 8 heteroatoms. The molecule has 1 saturated heterocycles. The summed E-state index contributed by atoms with van der Waals surface area (Å²) >= 11 is 6.62. The van der Waals surface area contributed by atoms with E-state index in [1.165, 1.54) is 4.90 Å². The van der Waals surface area contributed by atoms with Gasteiger partial charge < -0.3 is 14.5 Å². The zero-order valence-electron chi connectivity index (χ0n) is 16.8. The lowest BCUT2D eigenvalue weighted by molar-refractivity contribution is -1.02. The van der Waals surface area contributed by atoms with Crippen molar-refractivity contribution in [3.8, 4) is 5.75 Å². The zero-order valence-corrected chi connectivity index (χ0v) is 17.6. The molecular weight excluding hydrogens is 388 g/mol.